The first-order valence-corrected chi connectivity index (χ1v) is 10.5. The van der Waals surface area contributed by atoms with Gasteiger partial charge in [0.1, 0.15) is 13.2 Å². The molecule has 30 heavy (non-hydrogen) atoms. The van der Waals surface area contributed by atoms with Gasteiger partial charge in [-0.15, -0.1) is 0 Å². The van der Waals surface area contributed by atoms with E-state index < -0.39 is 0 Å². The first-order chi connectivity index (χ1) is 14.7. The number of nitrogens with zero attached hydrogens (tertiary/aromatic N) is 3. The van der Waals surface area contributed by atoms with E-state index in [2.05, 4.69) is 17.1 Å². The smallest absolute Gasteiger partial charge is 0.334 e. The molecule has 1 N–H and O–H groups in total. The van der Waals surface area contributed by atoms with Crippen LogP contribution in [-0.2, 0) is 0 Å². The van der Waals surface area contributed by atoms with Crippen molar-refractivity contribution in [3.63, 3.8) is 0 Å². The number of ether oxygens (including phenoxy) is 2. The predicted octanol–water partition coefficient (Wildman–Crippen LogP) is 2.50. The van der Waals surface area contributed by atoms with Gasteiger partial charge < -0.3 is 14.8 Å². The lowest BCUT2D eigenvalue weighted by Gasteiger charge is -2.32. The molecule has 2 aliphatic rings. The van der Waals surface area contributed by atoms with Gasteiger partial charge in [0, 0.05) is 37.9 Å². The fraction of sp³-hybridized carbons (Fsp3) is 0.348. The van der Waals surface area contributed by atoms with E-state index in [-0.39, 0.29) is 11.9 Å². The van der Waals surface area contributed by atoms with E-state index in [9.17, 15) is 4.79 Å². The van der Waals surface area contributed by atoms with Gasteiger partial charge in [0.15, 0.2) is 11.5 Å². The van der Waals surface area contributed by atoms with Gasteiger partial charge in [-0.1, -0.05) is 24.3 Å². The maximum Gasteiger partial charge on any atom is 0.334 e. The van der Waals surface area contributed by atoms with Crippen LogP contribution in [0.2, 0.25) is 0 Å². The largest absolute Gasteiger partial charge is 0.486 e. The van der Waals surface area contributed by atoms with Crippen molar-refractivity contribution in [3.05, 3.63) is 65.2 Å². The van der Waals surface area contributed by atoms with E-state index in [4.69, 9.17) is 9.47 Å². The molecule has 3 heterocycles. The third-order valence-electron chi connectivity index (χ3n) is 5.85. The second-order valence-electron chi connectivity index (χ2n) is 7.62. The van der Waals surface area contributed by atoms with Gasteiger partial charge in [-0.2, -0.15) is 0 Å². The van der Waals surface area contributed by atoms with Crippen LogP contribution in [0, 0.1) is 0 Å². The Balaban J connectivity index is 1.68. The van der Waals surface area contributed by atoms with Crippen LogP contribution >= 0.6 is 0 Å². The number of benzene rings is 2. The minimum atomic E-state index is -0.0587. The van der Waals surface area contributed by atoms with Crippen molar-refractivity contribution in [1.82, 2.24) is 19.4 Å². The van der Waals surface area contributed by atoms with Crippen molar-refractivity contribution in [2.45, 2.75) is 13.1 Å². The number of piperazine rings is 1. The van der Waals surface area contributed by atoms with E-state index in [1.165, 1.54) is 0 Å². The molecule has 0 radical (unpaired) electrons. The molecule has 1 fully saturated rings. The maximum absolute atomic E-state index is 13.6. The molecule has 0 spiro atoms. The van der Waals surface area contributed by atoms with Gasteiger partial charge >= 0.3 is 5.69 Å². The molecule has 2 aliphatic heterocycles. The van der Waals surface area contributed by atoms with Crippen LogP contribution in [-0.4, -0.2) is 53.4 Å². The number of fused-ring (bicyclic) bond motifs is 1. The Labute approximate surface area is 175 Å². The highest BCUT2D eigenvalue weighted by molar-refractivity contribution is 5.73. The van der Waals surface area contributed by atoms with Gasteiger partial charge in [0.05, 0.1) is 17.5 Å². The van der Waals surface area contributed by atoms with Gasteiger partial charge in [-0.3, -0.25) is 14.0 Å². The van der Waals surface area contributed by atoms with Crippen LogP contribution in [0.4, 0.5) is 0 Å². The van der Waals surface area contributed by atoms with E-state index in [1.807, 2.05) is 59.3 Å². The third-order valence-corrected chi connectivity index (χ3v) is 5.85. The lowest BCUT2D eigenvalue weighted by atomic mass is 10.1. The Morgan fingerprint density at radius 3 is 2.53 bits per heavy atom. The second-order valence-corrected chi connectivity index (χ2v) is 7.62. The van der Waals surface area contributed by atoms with Crippen LogP contribution in [0.1, 0.15) is 13.1 Å². The molecule has 7 heteroatoms. The third kappa shape index (κ3) is 3.30. The standard InChI is InChI=1S/C23H26N4O3/c1-17(25-12-10-24-11-13-25)26-16-20(27(23(26)28)18-6-3-2-4-7-18)19-8-5-9-21-22(19)30-15-14-29-21/h2-9,16-17,24H,10-15H2,1H3. The fourth-order valence-electron chi connectivity index (χ4n) is 4.25. The maximum atomic E-state index is 13.6. The van der Waals surface area contributed by atoms with Crippen molar-refractivity contribution in [1.29, 1.82) is 0 Å². The van der Waals surface area contributed by atoms with Crippen LogP contribution < -0.4 is 20.5 Å². The summed E-state index contributed by atoms with van der Waals surface area (Å²) in [4.78, 5) is 16.0. The summed E-state index contributed by atoms with van der Waals surface area (Å²) in [6, 6.07) is 15.6. The highest BCUT2D eigenvalue weighted by atomic mass is 16.6. The molecule has 5 rings (SSSR count). The molecule has 0 amide bonds. The number of hydrogen-bond acceptors (Lipinski definition) is 5. The highest BCUT2D eigenvalue weighted by Gasteiger charge is 2.26. The zero-order valence-corrected chi connectivity index (χ0v) is 17.1. The predicted molar refractivity (Wildman–Crippen MR) is 116 cm³/mol. The van der Waals surface area contributed by atoms with E-state index in [0.717, 1.165) is 43.1 Å². The van der Waals surface area contributed by atoms with Gasteiger partial charge in [-0.25, -0.2) is 4.79 Å². The second kappa shape index (κ2) is 8.01. The molecule has 1 aromatic heterocycles. The Kier molecular flexibility index (Phi) is 5.06. The fourth-order valence-corrected chi connectivity index (χ4v) is 4.25. The van der Waals surface area contributed by atoms with E-state index in [1.54, 1.807) is 4.57 Å². The quantitative estimate of drug-likeness (QED) is 0.722. The van der Waals surface area contributed by atoms with Crippen LogP contribution in [0.15, 0.2) is 59.5 Å². The van der Waals surface area contributed by atoms with Crippen molar-refractivity contribution < 1.29 is 9.47 Å². The minimum absolute atomic E-state index is 0.0416. The molecule has 0 saturated carbocycles. The average Bonchev–Trinajstić information content (AvgIpc) is 3.16. The van der Waals surface area contributed by atoms with Crippen LogP contribution in [0.25, 0.3) is 16.9 Å². The van der Waals surface area contributed by atoms with Crippen LogP contribution in [0.3, 0.4) is 0 Å². The molecule has 1 saturated heterocycles. The summed E-state index contributed by atoms with van der Waals surface area (Å²) in [5.41, 5.74) is 2.43. The van der Waals surface area contributed by atoms with Crippen molar-refractivity contribution in [2.75, 3.05) is 39.4 Å². The van der Waals surface area contributed by atoms with E-state index >= 15 is 0 Å². The first-order valence-electron chi connectivity index (χ1n) is 10.5. The molecule has 1 unspecified atom stereocenters. The Hall–Kier alpha value is -3.03. The highest BCUT2D eigenvalue weighted by Crippen LogP contribution is 2.40. The summed E-state index contributed by atoms with van der Waals surface area (Å²) in [5, 5.41) is 3.37. The topological polar surface area (TPSA) is 60.7 Å². The molecule has 1 atom stereocenters. The SMILES string of the molecule is CC(N1CCNCC1)n1cc(-c2cccc3c2OCCO3)n(-c2ccccc2)c1=O. The zero-order valence-electron chi connectivity index (χ0n) is 17.1. The summed E-state index contributed by atoms with van der Waals surface area (Å²) in [5.74, 6) is 1.41. The molecule has 2 aromatic carbocycles. The summed E-state index contributed by atoms with van der Waals surface area (Å²) in [7, 11) is 0. The van der Waals surface area contributed by atoms with E-state index in [0.29, 0.717) is 24.7 Å². The normalized spacial score (nSPS) is 17.6. The summed E-state index contributed by atoms with van der Waals surface area (Å²) >= 11 is 0. The number of imidazole rings is 1. The monoisotopic (exact) mass is 406 g/mol. The average molecular weight is 406 g/mol. The number of hydrogen-bond donors (Lipinski definition) is 1. The number of aromatic nitrogens is 2. The van der Waals surface area contributed by atoms with Crippen molar-refractivity contribution in [3.8, 4) is 28.4 Å². The summed E-state index contributed by atoms with van der Waals surface area (Å²) in [6.07, 6.45) is 1.91. The molecule has 7 nitrogen and oxygen atoms in total. The molecule has 0 aliphatic carbocycles. The number of rotatable bonds is 4. The number of para-hydroxylation sites is 2. The Bertz CT molecular complexity index is 1080. The summed E-state index contributed by atoms with van der Waals surface area (Å²) in [6.45, 7) is 6.81. The Morgan fingerprint density at radius 1 is 0.967 bits per heavy atom. The van der Waals surface area contributed by atoms with Gasteiger partial charge in [-0.05, 0) is 31.2 Å². The molecule has 156 valence electrons. The van der Waals surface area contributed by atoms with Crippen molar-refractivity contribution in [2.24, 2.45) is 0 Å². The zero-order chi connectivity index (χ0) is 20.5. The molecular formula is C23H26N4O3. The first kappa shape index (κ1) is 19.0. The molecule has 3 aromatic rings. The van der Waals surface area contributed by atoms with Crippen LogP contribution in [0.5, 0.6) is 11.5 Å². The molecular weight excluding hydrogens is 380 g/mol. The van der Waals surface area contributed by atoms with Crippen molar-refractivity contribution >= 4 is 0 Å². The summed E-state index contributed by atoms with van der Waals surface area (Å²) < 4.78 is 15.3. The Morgan fingerprint density at radius 2 is 1.73 bits per heavy atom. The van der Waals surface area contributed by atoms with Gasteiger partial charge in [0.2, 0.25) is 0 Å². The lowest BCUT2D eigenvalue weighted by molar-refractivity contribution is 0.132. The lowest BCUT2D eigenvalue weighted by Crippen LogP contribution is -2.47. The molecule has 0 bridgehead atoms. The van der Waals surface area contributed by atoms with Gasteiger partial charge in [0.25, 0.3) is 0 Å². The minimum Gasteiger partial charge on any atom is -0.486 e. The number of nitrogens with one attached hydrogen (secondary N) is 1.